The van der Waals surface area contributed by atoms with Gasteiger partial charge < -0.3 is 10.6 Å². The first-order chi connectivity index (χ1) is 14.2. The summed E-state index contributed by atoms with van der Waals surface area (Å²) in [6.45, 7) is 3.51. The van der Waals surface area contributed by atoms with Crippen LogP contribution in [0.25, 0.3) is 11.0 Å². The number of para-hydroxylation sites is 2. The fraction of sp³-hybridized carbons (Fsp3) is 0.391. The van der Waals surface area contributed by atoms with Crippen LogP contribution in [0.3, 0.4) is 0 Å². The van der Waals surface area contributed by atoms with Gasteiger partial charge >= 0.3 is 5.69 Å². The molecule has 1 heterocycles. The van der Waals surface area contributed by atoms with Gasteiger partial charge in [-0.25, -0.2) is 4.79 Å². The minimum atomic E-state index is -0.210. The summed E-state index contributed by atoms with van der Waals surface area (Å²) < 4.78 is 3.22. The third kappa shape index (κ3) is 4.21. The number of fused-ring (bicyclic) bond motifs is 1. The van der Waals surface area contributed by atoms with E-state index >= 15 is 0 Å². The maximum atomic E-state index is 12.7. The first kappa shape index (κ1) is 19.3. The maximum Gasteiger partial charge on any atom is 0.329 e. The Balaban J connectivity index is 1.40. The topological polar surface area (TPSA) is 68.1 Å². The van der Waals surface area contributed by atoms with E-state index in [0.29, 0.717) is 6.54 Å². The Morgan fingerprint density at radius 1 is 0.966 bits per heavy atom. The van der Waals surface area contributed by atoms with E-state index in [4.69, 9.17) is 0 Å². The predicted molar refractivity (Wildman–Crippen MR) is 117 cm³/mol. The predicted octanol–water partition coefficient (Wildman–Crippen LogP) is 4.06. The van der Waals surface area contributed by atoms with E-state index in [2.05, 4.69) is 10.6 Å². The zero-order valence-corrected chi connectivity index (χ0v) is 16.9. The average molecular weight is 393 g/mol. The van der Waals surface area contributed by atoms with Crippen LogP contribution in [0.4, 0.5) is 11.4 Å². The number of aromatic nitrogens is 2. The van der Waals surface area contributed by atoms with Crippen LogP contribution < -0.4 is 16.3 Å². The highest BCUT2D eigenvalue weighted by atomic mass is 16.2. The number of carbonyl (C=O) groups excluding carboxylic acids is 1. The fourth-order valence-corrected chi connectivity index (χ4v) is 4.22. The third-order valence-corrected chi connectivity index (χ3v) is 5.78. The molecule has 0 radical (unpaired) electrons. The van der Waals surface area contributed by atoms with Gasteiger partial charge in [0.05, 0.1) is 11.0 Å². The van der Waals surface area contributed by atoms with Gasteiger partial charge in [-0.15, -0.1) is 0 Å². The normalized spacial score (nSPS) is 14.4. The van der Waals surface area contributed by atoms with E-state index in [1.54, 1.807) is 4.57 Å². The molecule has 6 nitrogen and oxygen atoms in total. The number of anilines is 2. The summed E-state index contributed by atoms with van der Waals surface area (Å²) in [7, 11) is 0. The molecule has 4 rings (SSSR count). The average Bonchev–Trinajstić information content (AvgIpc) is 3.34. The number of hydrogen-bond donors (Lipinski definition) is 2. The van der Waals surface area contributed by atoms with Crippen LogP contribution >= 0.6 is 0 Å². The molecule has 0 unspecified atom stereocenters. The van der Waals surface area contributed by atoms with Crippen molar-refractivity contribution in [1.29, 1.82) is 0 Å². The summed E-state index contributed by atoms with van der Waals surface area (Å²) in [6.07, 6.45) is 5.32. The Bertz CT molecular complexity index is 1040. The van der Waals surface area contributed by atoms with E-state index in [0.717, 1.165) is 34.9 Å². The molecule has 1 fully saturated rings. The van der Waals surface area contributed by atoms with E-state index < -0.39 is 0 Å². The molecule has 1 aliphatic rings. The number of aryl methyl sites for hydroxylation is 1. The Labute approximate surface area is 170 Å². The number of benzene rings is 2. The maximum absolute atomic E-state index is 12.7. The van der Waals surface area contributed by atoms with Gasteiger partial charge in [0.15, 0.2) is 0 Å². The minimum absolute atomic E-state index is 0.00592. The number of hydrogen-bond acceptors (Lipinski definition) is 3. The van der Waals surface area contributed by atoms with Crippen LogP contribution in [0.5, 0.6) is 0 Å². The molecule has 2 aromatic carbocycles. The second-order valence-corrected chi connectivity index (χ2v) is 7.76. The molecular formula is C23H28N4O2. The zero-order chi connectivity index (χ0) is 20.2. The number of imidazole rings is 1. The molecule has 1 aromatic heterocycles. The SMILES string of the molecule is CCn1c(=O)n(CC(=O)Nc2ccc(NCC3CCCC3)cc2)c2ccccc21. The lowest BCUT2D eigenvalue weighted by Gasteiger charge is -2.12. The Morgan fingerprint density at radius 3 is 2.24 bits per heavy atom. The van der Waals surface area contributed by atoms with Crippen LogP contribution in [0, 0.1) is 5.92 Å². The highest BCUT2D eigenvalue weighted by Gasteiger charge is 2.15. The molecule has 2 N–H and O–H groups in total. The molecule has 6 heteroatoms. The van der Waals surface area contributed by atoms with Crippen molar-refractivity contribution < 1.29 is 4.79 Å². The smallest absolute Gasteiger partial charge is 0.329 e. The van der Waals surface area contributed by atoms with Crippen LogP contribution in [-0.4, -0.2) is 21.6 Å². The molecular weight excluding hydrogens is 364 g/mol. The number of nitrogens with zero attached hydrogens (tertiary/aromatic N) is 2. The number of rotatable bonds is 7. The Hall–Kier alpha value is -3.02. The molecule has 0 aliphatic heterocycles. The van der Waals surface area contributed by atoms with Crippen molar-refractivity contribution in [3.8, 4) is 0 Å². The van der Waals surface area contributed by atoms with Crippen molar-refractivity contribution in [2.24, 2.45) is 5.92 Å². The standard InChI is InChI=1S/C23H28N4O2/c1-2-26-20-9-5-6-10-21(20)27(23(26)29)16-22(28)25-19-13-11-18(12-14-19)24-15-17-7-3-4-8-17/h5-6,9-14,17,24H,2-4,7-8,15-16H2,1H3,(H,25,28). The second kappa shape index (κ2) is 8.55. The lowest BCUT2D eigenvalue weighted by atomic mass is 10.1. The molecule has 0 saturated heterocycles. The molecule has 0 bridgehead atoms. The second-order valence-electron chi connectivity index (χ2n) is 7.76. The Kier molecular flexibility index (Phi) is 5.69. The monoisotopic (exact) mass is 392 g/mol. The summed E-state index contributed by atoms with van der Waals surface area (Å²) in [4.78, 5) is 25.2. The summed E-state index contributed by atoms with van der Waals surface area (Å²) in [6, 6.07) is 15.3. The van der Waals surface area contributed by atoms with Crippen LogP contribution in [0.15, 0.2) is 53.3 Å². The van der Waals surface area contributed by atoms with Crippen LogP contribution in [-0.2, 0) is 17.9 Å². The van der Waals surface area contributed by atoms with Gasteiger partial charge in [0.25, 0.3) is 0 Å². The highest BCUT2D eigenvalue weighted by Crippen LogP contribution is 2.25. The lowest BCUT2D eigenvalue weighted by Crippen LogP contribution is -2.29. The highest BCUT2D eigenvalue weighted by molar-refractivity contribution is 5.91. The summed E-state index contributed by atoms with van der Waals surface area (Å²) in [5.74, 6) is 0.565. The molecule has 3 aromatic rings. The fourth-order valence-electron chi connectivity index (χ4n) is 4.22. The first-order valence-corrected chi connectivity index (χ1v) is 10.5. The molecule has 1 amide bonds. The van der Waals surface area contributed by atoms with Gasteiger partial charge in [-0.1, -0.05) is 25.0 Å². The third-order valence-electron chi connectivity index (χ3n) is 5.78. The number of carbonyl (C=O) groups is 1. The number of amides is 1. The van der Waals surface area contributed by atoms with Crippen molar-refractivity contribution in [2.75, 3.05) is 17.2 Å². The Morgan fingerprint density at radius 2 is 1.59 bits per heavy atom. The molecule has 0 spiro atoms. The first-order valence-electron chi connectivity index (χ1n) is 10.5. The largest absolute Gasteiger partial charge is 0.385 e. The van der Waals surface area contributed by atoms with Gasteiger partial charge in [-0.3, -0.25) is 13.9 Å². The van der Waals surface area contributed by atoms with Gasteiger partial charge in [-0.2, -0.15) is 0 Å². The molecule has 0 atom stereocenters. The van der Waals surface area contributed by atoms with E-state index in [1.807, 2.05) is 55.5 Å². The lowest BCUT2D eigenvalue weighted by molar-refractivity contribution is -0.116. The van der Waals surface area contributed by atoms with E-state index in [-0.39, 0.29) is 18.1 Å². The van der Waals surface area contributed by atoms with Crippen LogP contribution in [0.1, 0.15) is 32.6 Å². The van der Waals surface area contributed by atoms with Gasteiger partial charge in [0.1, 0.15) is 6.54 Å². The van der Waals surface area contributed by atoms with Crippen molar-refractivity contribution >= 4 is 28.3 Å². The summed E-state index contributed by atoms with van der Waals surface area (Å²) in [5, 5.41) is 6.38. The summed E-state index contributed by atoms with van der Waals surface area (Å²) in [5.41, 5.74) is 3.27. The van der Waals surface area contributed by atoms with Crippen LogP contribution in [0.2, 0.25) is 0 Å². The van der Waals surface area contributed by atoms with Gasteiger partial charge in [0, 0.05) is 24.5 Å². The quantitative estimate of drug-likeness (QED) is 0.637. The van der Waals surface area contributed by atoms with E-state index in [1.165, 1.54) is 30.3 Å². The minimum Gasteiger partial charge on any atom is -0.385 e. The summed E-state index contributed by atoms with van der Waals surface area (Å²) >= 11 is 0. The zero-order valence-electron chi connectivity index (χ0n) is 16.9. The molecule has 29 heavy (non-hydrogen) atoms. The van der Waals surface area contributed by atoms with E-state index in [9.17, 15) is 9.59 Å². The van der Waals surface area contributed by atoms with Gasteiger partial charge in [0.2, 0.25) is 5.91 Å². The van der Waals surface area contributed by atoms with Crippen molar-refractivity contribution in [3.05, 3.63) is 59.0 Å². The van der Waals surface area contributed by atoms with Gasteiger partial charge in [-0.05, 0) is 62.1 Å². The van der Waals surface area contributed by atoms with Crippen molar-refractivity contribution in [1.82, 2.24) is 9.13 Å². The van der Waals surface area contributed by atoms with Crippen molar-refractivity contribution in [2.45, 2.75) is 45.7 Å². The van der Waals surface area contributed by atoms with Crippen molar-refractivity contribution in [3.63, 3.8) is 0 Å². The molecule has 152 valence electrons. The molecule has 1 aliphatic carbocycles. The number of nitrogens with one attached hydrogen (secondary N) is 2. The molecule has 1 saturated carbocycles.